The van der Waals surface area contributed by atoms with Gasteiger partial charge < -0.3 is 5.32 Å². The highest BCUT2D eigenvalue weighted by molar-refractivity contribution is 7.89. The number of aromatic nitrogens is 3. The molecule has 0 bridgehead atoms. The smallest absolute Gasteiger partial charge is 0.243 e. The number of rotatable bonds is 5. The number of aryl methyl sites for hydroxylation is 1. The Bertz CT molecular complexity index is 1020. The Labute approximate surface area is 165 Å². The first-order valence-corrected chi connectivity index (χ1v) is 10.7. The first-order chi connectivity index (χ1) is 13.5. The highest BCUT2D eigenvalue weighted by atomic mass is 32.2. The van der Waals surface area contributed by atoms with Gasteiger partial charge >= 0.3 is 0 Å². The summed E-state index contributed by atoms with van der Waals surface area (Å²) in [5.41, 5.74) is 1.91. The van der Waals surface area contributed by atoms with Crippen LogP contribution in [0.4, 0.5) is 5.82 Å². The number of hydrogen-bond donors (Lipinski definition) is 1. The average molecular weight is 398 g/mol. The van der Waals surface area contributed by atoms with Gasteiger partial charge in [-0.05, 0) is 42.7 Å². The zero-order valence-corrected chi connectivity index (χ0v) is 16.5. The minimum atomic E-state index is -3.48. The Kier molecular flexibility index (Phi) is 5.15. The van der Waals surface area contributed by atoms with Crippen molar-refractivity contribution in [1.29, 1.82) is 0 Å². The molecule has 4 rings (SSSR count). The van der Waals surface area contributed by atoms with Crippen LogP contribution in [0.1, 0.15) is 12.8 Å². The van der Waals surface area contributed by atoms with Crippen molar-refractivity contribution in [2.24, 2.45) is 7.05 Å². The van der Waals surface area contributed by atoms with Gasteiger partial charge in [-0.2, -0.15) is 9.40 Å². The Morgan fingerprint density at radius 2 is 1.79 bits per heavy atom. The lowest BCUT2D eigenvalue weighted by molar-refractivity contribution is 0.329. The van der Waals surface area contributed by atoms with Crippen LogP contribution in [0, 0.1) is 0 Å². The standard InChI is InChI=1S/C20H23N5O2S/c1-24-15-17(14-22-24)16-5-7-19(8-6-16)28(26,27)25-12-9-18(10-13-25)23-20-4-2-3-11-21-20/h2-8,11,14-15,18H,9-10,12-13H2,1H3,(H,21,23). The summed E-state index contributed by atoms with van der Waals surface area (Å²) in [4.78, 5) is 4.60. The first kappa shape index (κ1) is 18.6. The summed E-state index contributed by atoms with van der Waals surface area (Å²) in [6.45, 7) is 0.994. The molecule has 8 heteroatoms. The summed E-state index contributed by atoms with van der Waals surface area (Å²) >= 11 is 0. The molecule has 0 radical (unpaired) electrons. The number of pyridine rings is 1. The third kappa shape index (κ3) is 3.93. The third-order valence-corrected chi connectivity index (χ3v) is 6.91. The summed E-state index contributed by atoms with van der Waals surface area (Å²) in [7, 11) is -1.63. The summed E-state index contributed by atoms with van der Waals surface area (Å²) in [5, 5.41) is 7.53. The largest absolute Gasteiger partial charge is 0.367 e. The van der Waals surface area contributed by atoms with Crippen LogP contribution in [-0.4, -0.2) is 46.6 Å². The quantitative estimate of drug-likeness (QED) is 0.716. The van der Waals surface area contributed by atoms with E-state index in [1.807, 2.05) is 43.6 Å². The molecule has 1 aliphatic heterocycles. The number of sulfonamides is 1. The summed E-state index contributed by atoms with van der Waals surface area (Å²) in [6, 6.07) is 13.0. The SMILES string of the molecule is Cn1cc(-c2ccc(S(=O)(=O)N3CCC(Nc4ccccn4)CC3)cc2)cn1. The van der Waals surface area contributed by atoms with E-state index in [1.54, 1.807) is 33.5 Å². The van der Waals surface area contributed by atoms with Gasteiger partial charge in [-0.15, -0.1) is 0 Å². The van der Waals surface area contributed by atoms with Crippen LogP contribution in [0.15, 0.2) is 66.0 Å². The van der Waals surface area contributed by atoms with Crippen molar-refractivity contribution in [3.63, 3.8) is 0 Å². The minimum absolute atomic E-state index is 0.231. The van der Waals surface area contributed by atoms with Crippen LogP contribution >= 0.6 is 0 Å². The Morgan fingerprint density at radius 1 is 1.04 bits per heavy atom. The zero-order chi connectivity index (χ0) is 19.6. The molecular weight excluding hydrogens is 374 g/mol. The fourth-order valence-corrected chi connectivity index (χ4v) is 4.91. The molecule has 0 spiro atoms. The lowest BCUT2D eigenvalue weighted by Crippen LogP contribution is -2.42. The van der Waals surface area contributed by atoms with E-state index in [-0.39, 0.29) is 6.04 Å². The number of piperidine rings is 1. The average Bonchev–Trinajstić information content (AvgIpc) is 3.16. The molecule has 1 aliphatic rings. The van der Waals surface area contributed by atoms with E-state index in [1.165, 1.54) is 0 Å². The molecule has 0 saturated carbocycles. The second-order valence-electron chi connectivity index (χ2n) is 6.96. The van der Waals surface area contributed by atoms with Crippen LogP contribution < -0.4 is 5.32 Å². The van der Waals surface area contributed by atoms with E-state index in [9.17, 15) is 8.42 Å². The number of benzene rings is 1. The normalized spacial score (nSPS) is 16.2. The molecule has 1 saturated heterocycles. The van der Waals surface area contributed by atoms with Crippen LogP contribution in [0.25, 0.3) is 11.1 Å². The zero-order valence-electron chi connectivity index (χ0n) is 15.7. The van der Waals surface area contributed by atoms with Gasteiger partial charge in [-0.25, -0.2) is 13.4 Å². The Morgan fingerprint density at radius 3 is 2.39 bits per heavy atom. The molecule has 2 aromatic heterocycles. The molecule has 28 heavy (non-hydrogen) atoms. The molecule has 0 unspecified atom stereocenters. The van der Waals surface area contributed by atoms with Crippen LogP contribution in [-0.2, 0) is 17.1 Å². The summed E-state index contributed by atoms with van der Waals surface area (Å²) in [5.74, 6) is 0.829. The molecule has 1 N–H and O–H groups in total. The Balaban J connectivity index is 1.41. The van der Waals surface area contributed by atoms with E-state index >= 15 is 0 Å². The third-order valence-electron chi connectivity index (χ3n) is 5.00. The maximum Gasteiger partial charge on any atom is 0.243 e. The number of anilines is 1. The molecule has 0 atom stereocenters. The van der Waals surface area contributed by atoms with E-state index in [0.717, 1.165) is 29.8 Å². The highest BCUT2D eigenvalue weighted by Gasteiger charge is 2.29. The van der Waals surface area contributed by atoms with Crippen molar-refractivity contribution in [2.75, 3.05) is 18.4 Å². The van der Waals surface area contributed by atoms with Gasteiger partial charge in [0, 0.05) is 44.1 Å². The van der Waals surface area contributed by atoms with Crippen LogP contribution in [0.2, 0.25) is 0 Å². The van der Waals surface area contributed by atoms with E-state index in [4.69, 9.17) is 0 Å². The van der Waals surface area contributed by atoms with Crippen molar-refractivity contribution < 1.29 is 8.42 Å². The minimum Gasteiger partial charge on any atom is -0.367 e. The topological polar surface area (TPSA) is 80.1 Å². The van der Waals surface area contributed by atoms with Gasteiger partial charge in [0.25, 0.3) is 0 Å². The van der Waals surface area contributed by atoms with Gasteiger partial charge in [0.1, 0.15) is 5.82 Å². The van der Waals surface area contributed by atoms with Crippen molar-refractivity contribution in [3.8, 4) is 11.1 Å². The van der Waals surface area contributed by atoms with Gasteiger partial charge in [0.15, 0.2) is 0 Å². The predicted molar refractivity (Wildman–Crippen MR) is 108 cm³/mol. The molecule has 146 valence electrons. The fraction of sp³-hybridized carbons (Fsp3) is 0.300. The van der Waals surface area contributed by atoms with Gasteiger partial charge in [0.05, 0.1) is 11.1 Å². The molecule has 7 nitrogen and oxygen atoms in total. The Hall–Kier alpha value is -2.71. The van der Waals surface area contributed by atoms with Gasteiger partial charge in [-0.1, -0.05) is 18.2 Å². The number of nitrogens with one attached hydrogen (secondary N) is 1. The molecule has 3 heterocycles. The fourth-order valence-electron chi connectivity index (χ4n) is 3.44. The van der Waals surface area contributed by atoms with E-state index in [2.05, 4.69) is 15.4 Å². The van der Waals surface area contributed by atoms with Gasteiger partial charge in [-0.3, -0.25) is 4.68 Å². The van der Waals surface area contributed by atoms with Crippen LogP contribution in [0.3, 0.4) is 0 Å². The van der Waals surface area contributed by atoms with E-state index < -0.39 is 10.0 Å². The molecule has 3 aromatic rings. The lowest BCUT2D eigenvalue weighted by atomic mass is 10.1. The molecule has 0 aliphatic carbocycles. The van der Waals surface area contributed by atoms with Crippen molar-refractivity contribution in [3.05, 3.63) is 61.1 Å². The molecule has 1 fully saturated rings. The van der Waals surface area contributed by atoms with Crippen molar-refractivity contribution in [2.45, 2.75) is 23.8 Å². The maximum absolute atomic E-state index is 13.0. The second-order valence-corrected chi connectivity index (χ2v) is 8.90. The van der Waals surface area contributed by atoms with E-state index in [0.29, 0.717) is 18.0 Å². The van der Waals surface area contributed by atoms with Crippen molar-refractivity contribution in [1.82, 2.24) is 19.1 Å². The highest BCUT2D eigenvalue weighted by Crippen LogP contribution is 2.25. The molecule has 0 amide bonds. The predicted octanol–water partition coefficient (Wildman–Crippen LogP) is 2.75. The van der Waals surface area contributed by atoms with Crippen LogP contribution in [0.5, 0.6) is 0 Å². The lowest BCUT2D eigenvalue weighted by Gasteiger charge is -2.31. The number of hydrogen-bond acceptors (Lipinski definition) is 5. The van der Waals surface area contributed by atoms with Crippen molar-refractivity contribution >= 4 is 15.8 Å². The first-order valence-electron chi connectivity index (χ1n) is 9.29. The monoisotopic (exact) mass is 397 g/mol. The number of nitrogens with zero attached hydrogens (tertiary/aromatic N) is 4. The molecular formula is C20H23N5O2S. The maximum atomic E-state index is 13.0. The second kappa shape index (κ2) is 7.73. The summed E-state index contributed by atoms with van der Waals surface area (Å²) in [6.07, 6.45) is 6.93. The summed E-state index contributed by atoms with van der Waals surface area (Å²) < 4.78 is 29.3. The molecule has 1 aromatic carbocycles. The van der Waals surface area contributed by atoms with Gasteiger partial charge in [0.2, 0.25) is 10.0 Å².